The molecule has 4 nitrogen and oxygen atoms in total. The Hall–Kier alpha value is -2.49. The number of amides is 1. The van der Waals surface area contributed by atoms with Gasteiger partial charge in [-0.3, -0.25) is 4.79 Å². The Bertz CT molecular complexity index is 644. The van der Waals surface area contributed by atoms with Crippen LogP contribution in [0.15, 0.2) is 48.5 Å². The van der Waals surface area contributed by atoms with E-state index in [0.29, 0.717) is 6.42 Å². The fourth-order valence-corrected chi connectivity index (χ4v) is 2.91. The molecule has 0 atom stereocenters. The van der Waals surface area contributed by atoms with Crippen molar-refractivity contribution in [3.63, 3.8) is 0 Å². The molecule has 0 radical (unpaired) electrons. The quantitative estimate of drug-likeness (QED) is 0.908. The third kappa shape index (κ3) is 4.25. The van der Waals surface area contributed by atoms with Crippen molar-refractivity contribution < 1.29 is 9.90 Å². The molecule has 0 saturated carbocycles. The SMILES string of the molecule is O=C(Cc1ccc(O)cc1)Nc1ccc(N2CCCCC2)cc1. The van der Waals surface area contributed by atoms with E-state index in [-0.39, 0.29) is 11.7 Å². The Balaban J connectivity index is 1.57. The predicted octanol–water partition coefficient (Wildman–Crippen LogP) is 3.56. The summed E-state index contributed by atoms with van der Waals surface area (Å²) in [5.41, 5.74) is 2.92. The molecular formula is C19H22N2O2. The van der Waals surface area contributed by atoms with Crippen molar-refractivity contribution in [2.45, 2.75) is 25.7 Å². The van der Waals surface area contributed by atoms with Gasteiger partial charge in [0, 0.05) is 24.5 Å². The molecule has 23 heavy (non-hydrogen) atoms. The molecule has 0 unspecified atom stereocenters. The second-order valence-electron chi connectivity index (χ2n) is 5.99. The van der Waals surface area contributed by atoms with E-state index in [9.17, 15) is 9.90 Å². The molecule has 0 spiro atoms. The number of phenolic OH excluding ortho intramolecular Hbond substituents is 1. The number of carbonyl (C=O) groups excluding carboxylic acids is 1. The Morgan fingerprint density at radius 2 is 1.61 bits per heavy atom. The monoisotopic (exact) mass is 310 g/mol. The van der Waals surface area contributed by atoms with Gasteiger partial charge in [-0.25, -0.2) is 0 Å². The highest BCUT2D eigenvalue weighted by Crippen LogP contribution is 2.22. The summed E-state index contributed by atoms with van der Waals surface area (Å²) < 4.78 is 0. The maximum absolute atomic E-state index is 12.1. The summed E-state index contributed by atoms with van der Waals surface area (Å²) in [5, 5.41) is 12.2. The summed E-state index contributed by atoms with van der Waals surface area (Å²) >= 11 is 0. The lowest BCUT2D eigenvalue weighted by atomic mass is 10.1. The van der Waals surface area contributed by atoms with Crippen molar-refractivity contribution >= 4 is 17.3 Å². The van der Waals surface area contributed by atoms with Crippen LogP contribution in [0.25, 0.3) is 0 Å². The number of hydrogen-bond acceptors (Lipinski definition) is 3. The van der Waals surface area contributed by atoms with Crippen molar-refractivity contribution in [1.29, 1.82) is 0 Å². The molecule has 0 bridgehead atoms. The van der Waals surface area contributed by atoms with Crippen LogP contribution in [0.2, 0.25) is 0 Å². The normalized spacial score (nSPS) is 14.5. The van der Waals surface area contributed by atoms with E-state index in [1.807, 2.05) is 12.1 Å². The first kappa shape index (κ1) is 15.4. The van der Waals surface area contributed by atoms with E-state index >= 15 is 0 Å². The van der Waals surface area contributed by atoms with Crippen molar-refractivity contribution in [1.82, 2.24) is 0 Å². The van der Waals surface area contributed by atoms with Gasteiger partial charge in [-0.05, 0) is 61.2 Å². The summed E-state index contributed by atoms with van der Waals surface area (Å²) in [6.07, 6.45) is 4.13. The standard InChI is InChI=1S/C19H22N2O2/c22-18-10-4-15(5-11-18)14-19(23)20-16-6-8-17(9-7-16)21-12-2-1-3-13-21/h4-11,22H,1-3,12-14H2,(H,20,23). The van der Waals surface area contributed by atoms with Gasteiger partial charge in [0.2, 0.25) is 5.91 Å². The van der Waals surface area contributed by atoms with Gasteiger partial charge in [0.15, 0.2) is 0 Å². The van der Waals surface area contributed by atoms with E-state index in [4.69, 9.17) is 0 Å². The number of anilines is 2. The summed E-state index contributed by atoms with van der Waals surface area (Å²) in [4.78, 5) is 14.5. The summed E-state index contributed by atoms with van der Waals surface area (Å²) in [7, 11) is 0. The van der Waals surface area contributed by atoms with Crippen molar-refractivity contribution in [3.05, 3.63) is 54.1 Å². The highest BCUT2D eigenvalue weighted by atomic mass is 16.3. The zero-order chi connectivity index (χ0) is 16.1. The van der Waals surface area contributed by atoms with Gasteiger partial charge < -0.3 is 15.3 Å². The molecule has 4 heteroatoms. The second-order valence-corrected chi connectivity index (χ2v) is 5.99. The molecule has 0 aliphatic carbocycles. The van der Waals surface area contributed by atoms with Gasteiger partial charge in [0.25, 0.3) is 0 Å². The number of aromatic hydroxyl groups is 1. The van der Waals surface area contributed by atoms with Gasteiger partial charge in [0.05, 0.1) is 6.42 Å². The van der Waals surface area contributed by atoms with Gasteiger partial charge in [0.1, 0.15) is 5.75 Å². The predicted molar refractivity (Wildman–Crippen MR) is 92.9 cm³/mol. The highest BCUT2D eigenvalue weighted by Gasteiger charge is 2.11. The van der Waals surface area contributed by atoms with Gasteiger partial charge in [-0.1, -0.05) is 12.1 Å². The topological polar surface area (TPSA) is 52.6 Å². The number of benzene rings is 2. The molecule has 1 heterocycles. The average Bonchev–Trinajstić information content (AvgIpc) is 2.58. The minimum absolute atomic E-state index is 0.0542. The van der Waals surface area contributed by atoms with E-state index in [1.54, 1.807) is 24.3 Å². The number of rotatable bonds is 4. The molecule has 1 aliphatic rings. The molecule has 1 saturated heterocycles. The third-order valence-corrected chi connectivity index (χ3v) is 4.17. The third-order valence-electron chi connectivity index (χ3n) is 4.17. The van der Waals surface area contributed by atoms with Gasteiger partial charge >= 0.3 is 0 Å². The van der Waals surface area contributed by atoms with Crippen LogP contribution in [0.1, 0.15) is 24.8 Å². The van der Waals surface area contributed by atoms with Crippen LogP contribution in [0, 0.1) is 0 Å². The summed E-state index contributed by atoms with van der Waals surface area (Å²) in [5.74, 6) is 0.156. The summed E-state index contributed by atoms with van der Waals surface area (Å²) in [6, 6.07) is 14.8. The van der Waals surface area contributed by atoms with Crippen LogP contribution in [-0.2, 0) is 11.2 Å². The first-order valence-electron chi connectivity index (χ1n) is 8.13. The molecule has 2 aromatic rings. The maximum Gasteiger partial charge on any atom is 0.228 e. The lowest BCUT2D eigenvalue weighted by Crippen LogP contribution is -2.29. The largest absolute Gasteiger partial charge is 0.508 e. The maximum atomic E-state index is 12.1. The zero-order valence-electron chi connectivity index (χ0n) is 13.2. The lowest BCUT2D eigenvalue weighted by Gasteiger charge is -2.28. The van der Waals surface area contributed by atoms with Crippen LogP contribution in [-0.4, -0.2) is 24.1 Å². The minimum Gasteiger partial charge on any atom is -0.508 e. The molecule has 2 N–H and O–H groups in total. The smallest absolute Gasteiger partial charge is 0.228 e. The Kier molecular flexibility index (Phi) is 4.81. The van der Waals surface area contributed by atoms with Crippen LogP contribution >= 0.6 is 0 Å². The van der Waals surface area contributed by atoms with Crippen LogP contribution < -0.4 is 10.2 Å². The molecule has 1 fully saturated rings. The average molecular weight is 310 g/mol. The van der Waals surface area contributed by atoms with Crippen LogP contribution in [0.5, 0.6) is 5.75 Å². The van der Waals surface area contributed by atoms with E-state index in [0.717, 1.165) is 24.3 Å². The molecular weight excluding hydrogens is 288 g/mol. The van der Waals surface area contributed by atoms with Crippen molar-refractivity contribution in [2.75, 3.05) is 23.3 Å². The van der Waals surface area contributed by atoms with Gasteiger partial charge in [-0.2, -0.15) is 0 Å². The van der Waals surface area contributed by atoms with Crippen LogP contribution in [0.4, 0.5) is 11.4 Å². The number of piperidine rings is 1. The molecule has 120 valence electrons. The van der Waals surface area contributed by atoms with Crippen molar-refractivity contribution in [3.8, 4) is 5.75 Å². The Morgan fingerprint density at radius 3 is 2.26 bits per heavy atom. The van der Waals surface area contributed by atoms with Gasteiger partial charge in [-0.15, -0.1) is 0 Å². The highest BCUT2D eigenvalue weighted by molar-refractivity contribution is 5.92. The molecule has 1 aliphatic heterocycles. The number of carbonyl (C=O) groups is 1. The number of nitrogens with zero attached hydrogens (tertiary/aromatic N) is 1. The molecule has 3 rings (SSSR count). The number of hydrogen-bond donors (Lipinski definition) is 2. The number of phenols is 1. The van der Waals surface area contributed by atoms with E-state index in [1.165, 1.54) is 24.9 Å². The first-order chi connectivity index (χ1) is 11.2. The van der Waals surface area contributed by atoms with Crippen molar-refractivity contribution in [2.24, 2.45) is 0 Å². The Labute approximate surface area is 136 Å². The number of nitrogens with one attached hydrogen (secondary N) is 1. The second kappa shape index (κ2) is 7.18. The summed E-state index contributed by atoms with van der Waals surface area (Å²) in [6.45, 7) is 2.24. The first-order valence-corrected chi connectivity index (χ1v) is 8.13. The minimum atomic E-state index is -0.0542. The molecule has 1 amide bonds. The zero-order valence-corrected chi connectivity index (χ0v) is 13.2. The lowest BCUT2D eigenvalue weighted by molar-refractivity contribution is -0.115. The molecule has 2 aromatic carbocycles. The van der Waals surface area contributed by atoms with E-state index in [2.05, 4.69) is 22.3 Å². The molecule has 0 aromatic heterocycles. The Morgan fingerprint density at radius 1 is 0.957 bits per heavy atom. The fourth-order valence-electron chi connectivity index (χ4n) is 2.91. The fraction of sp³-hybridized carbons (Fsp3) is 0.316. The van der Waals surface area contributed by atoms with E-state index < -0.39 is 0 Å². The van der Waals surface area contributed by atoms with Crippen LogP contribution in [0.3, 0.4) is 0 Å².